The summed E-state index contributed by atoms with van der Waals surface area (Å²) in [5, 5.41) is 13.6. The Morgan fingerprint density at radius 2 is 1.80 bits per heavy atom. The van der Waals surface area contributed by atoms with Crippen LogP contribution in [0.1, 0.15) is 29.0 Å². The highest BCUT2D eigenvalue weighted by Crippen LogP contribution is 2.22. The first-order valence-corrected chi connectivity index (χ1v) is 10.8. The lowest BCUT2D eigenvalue weighted by atomic mass is 10.2. The number of halogens is 1. The standard InChI is InChI=1S/C19H19FN6O3S/c1-13-22-23-24-26(13)18-12-15(6-9-17(18)20)21-19(27)14-4-7-16(8-5-14)30(28,29)25-10-2-3-11-25/h4-9,12H,2-3,10-11H2,1H3,(H,21,27). The predicted octanol–water partition coefficient (Wildman–Crippen LogP) is 2.15. The van der Waals surface area contributed by atoms with Gasteiger partial charge in [0.25, 0.3) is 5.91 Å². The number of benzene rings is 2. The molecule has 0 bridgehead atoms. The first-order chi connectivity index (χ1) is 14.4. The number of nitrogens with one attached hydrogen (secondary N) is 1. The molecule has 2 aromatic carbocycles. The molecule has 2 heterocycles. The Labute approximate surface area is 172 Å². The molecule has 4 rings (SSSR count). The van der Waals surface area contributed by atoms with E-state index in [2.05, 4.69) is 20.8 Å². The van der Waals surface area contributed by atoms with Gasteiger partial charge in [-0.3, -0.25) is 4.79 Å². The fourth-order valence-corrected chi connectivity index (χ4v) is 4.78. The van der Waals surface area contributed by atoms with Gasteiger partial charge in [0, 0.05) is 24.3 Å². The second-order valence-electron chi connectivity index (χ2n) is 6.89. The summed E-state index contributed by atoms with van der Waals surface area (Å²) in [5.41, 5.74) is 0.724. The number of amides is 1. The van der Waals surface area contributed by atoms with Crippen LogP contribution in [-0.2, 0) is 10.0 Å². The van der Waals surface area contributed by atoms with Crippen molar-refractivity contribution in [2.45, 2.75) is 24.7 Å². The topological polar surface area (TPSA) is 110 Å². The first kappa shape index (κ1) is 20.1. The lowest BCUT2D eigenvalue weighted by Gasteiger charge is -2.15. The van der Waals surface area contributed by atoms with Crippen molar-refractivity contribution in [1.82, 2.24) is 24.5 Å². The lowest BCUT2D eigenvalue weighted by Crippen LogP contribution is -2.27. The maximum atomic E-state index is 14.2. The predicted molar refractivity (Wildman–Crippen MR) is 106 cm³/mol. The van der Waals surface area contributed by atoms with E-state index in [0.717, 1.165) is 12.8 Å². The van der Waals surface area contributed by atoms with Crippen LogP contribution in [0.2, 0.25) is 0 Å². The Balaban J connectivity index is 1.53. The van der Waals surface area contributed by atoms with E-state index in [9.17, 15) is 17.6 Å². The molecule has 0 saturated carbocycles. The van der Waals surface area contributed by atoms with E-state index in [-0.39, 0.29) is 16.1 Å². The molecule has 0 unspecified atom stereocenters. The number of aryl methyl sites for hydroxylation is 1. The average Bonchev–Trinajstić information content (AvgIpc) is 3.42. The van der Waals surface area contributed by atoms with Crippen LogP contribution in [-0.4, -0.2) is 51.9 Å². The number of hydrogen-bond donors (Lipinski definition) is 1. The van der Waals surface area contributed by atoms with Crippen molar-refractivity contribution in [1.29, 1.82) is 0 Å². The smallest absolute Gasteiger partial charge is 0.255 e. The molecule has 1 fully saturated rings. The van der Waals surface area contributed by atoms with Crippen LogP contribution < -0.4 is 5.32 Å². The summed E-state index contributed by atoms with van der Waals surface area (Å²) in [6.07, 6.45) is 1.70. The van der Waals surface area contributed by atoms with E-state index in [1.807, 2.05) is 0 Å². The number of anilines is 1. The number of carbonyl (C=O) groups excluding carboxylic acids is 1. The summed E-state index contributed by atoms with van der Waals surface area (Å²) >= 11 is 0. The number of aromatic nitrogens is 4. The van der Waals surface area contributed by atoms with E-state index < -0.39 is 21.7 Å². The van der Waals surface area contributed by atoms with Crippen molar-refractivity contribution >= 4 is 21.6 Å². The molecule has 0 atom stereocenters. The van der Waals surface area contributed by atoms with Gasteiger partial charge in [-0.15, -0.1) is 5.10 Å². The number of hydrogen-bond acceptors (Lipinski definition) is 6. The zero-order valence-corrected chi connectivity index (χ0v) is 16.9. The molecule has 1 aliphatic rings. The quantitative estimate of drug-likeness (QED) is 0.664. The molecular weight excluding hydrogens is 411 g/mol. The highest BCUT2D eigenvalue weighted by molar-refractivity contribution is 7.89. The van der Waals surface area contributed by atoms with Gasteiger partial charge in [-0.1, -0.05) is 0 Å². The Morgan fingerprint density at radius 3 is 2.43 bits per heavy atom. The third-order valence-electron chi connectivity index (χ3n) is 4.88. The van der Waals surface area contributed by atoms with Gasteiger partial charge in [-0.2, -0.15) is 8.99 Å². The number of nitrogens with zero attached hydrogens (tertiary/aromatic N) is 5. The van der Waals surface area contributed by atoms with E-state index in [4.69, 9.17) is 0 Å². The summed E-state index contributed by atoms with van der Waals surface area (Å²) in [7, 11) is -3.54. The fourth-order valence-electron chi connectivity index (χ4n) is 3.27. The summed E-state index contributed by atoms with van der Waals surface area (Å²) < 4.78 is 42.0. The average molecular weight is 430 g/mol. The van der Waals surface area contributed by atoms with Gasteiger partial charge in [0.15, 0.2) is 5.82 Å². The zero-order valence-electron chi connectivity index (χ0n) is 16.1. The molecule has 0 aliphatic carbocycles. The van der Waals surface area contributed by atoms with Crippen LogP contribution in [0.15, 0.2) is 47.4 Å². The van der Waals surface area contributed by atoms with Crippen molar-refractivity contribution < 1.29 is 17.6 Å². The Morgan fingerprint density at radius 1 is 1.10 bits per heavy atom. The van der Waals surface area contributed by atoms with Crippen molar-refractivity contribution in [3.63, 3.8) is 0 Å². The second-order valence-corrected chi connectivity index (χ2v) is 8.83. The minimum atomic E-state index is -3.54. The van der Waals surface area contributed by atoms with E-state index in [0.29, 0.717) is 24.6 Å². The van der Waals surface area contributed by atoms with Gasteiger partial charge >= 0.3 is 0 Å². The highest BCUT2D eigenvalue weighted by Gasteiger charge is 2.27. The molecule has 1 N–H and O–H groups in total. The number of sulfonamides is 1. The SMILES string of the molecule is Cc1nnnn1-c1cc(NC(=O)c2ccc(S(=O)(=O)N3CCCC3)cc2)ccc1F. The highest BCUT2D eigenvalue weighted by atomic mass is 32.2. The van der Waals surface area contributed by atoms with Crippen LogP contribution in [0.25, 0.3) is 5.69 Å². The Hall–Kier alpha value is -3.18. The maximum absolute atomic E-state index is 14.2. The summed E-state index contributed by atoms with van der Waals surface area (Å²) in [4.78, 5) is 12.7. The third kappa shape index (κ3) is 3.81. The summed E-state index contributed by atoms with van der Waals surface area (Å²) in [6.45, 7) is 2.65. The van der Waals surface area contributed by atoms with Crippen LogP contribution in [0.4, 0.5) is 10.1 Å². The molecule has 30 heavy (non-hydrogen) atoms. The van der Waals surface area contributed by atoms with Crippen molar-refractivity contribution in [2.75, 3.05) is 18.4 Å². The van der Waals surface area contributed by atoms with Crippen LogP contribution in [0.5, 0.6) is 0 Å². The number of tetrazole rings is 1. The third-order valence-corrected chi connectivity index (χ3v) is 6.79. The lowest BCUT2D eigenvalue weighted by molar-refractivity contribution is 0.102. The van der Waals surface area contributed by atoms with Crippen molar-refractivity contribution in [3.8, 4) is 5.69 Å². The molecule has 1 saturated heterocycles. The number of carbonyl (C=O) groups is 1. The molecule has 0 spiro atoms. The van der Waals surface area contributed by atoms with Gasteiger partial charge in [-0.05, 0) is 72.7 Å². The molecule has 11 heteroatoms. The van der Waals surface area contributed by atoms with Gasteiger partial charge in [-0.25, -0.2) is 12.8 Å². The van der Waals surface area contributed by atoms with Gasteiger partial charge in [0.1, 0.15) is 11.5 Å². The summed E-state index contributed by atoms with van der Waals surface area (Å²) in [6, 6.07) is 9.79. The fraction of sp³-hybridized carbons (Fsp3) is 0.263. The zero-order chi connectivity index (χ0) is 21.3. The minimum absolute atomic E-state index is 0.0994. The van der Waals surface area contributed by atoms with Gasteiger partial charge < -0.3 is 5.32 Å². The van der Waals surface area contributed by atoms with Gasteiger partial charge in [0.2, 0.25) is 10.0 Å². The monoisotopic (exact) mass is 430 g/mol. The Kier molecular flexibility index (Phi) is 5.31. The molecule has 3 aromatic rings. The Bertz CT molecular complexity index is 1190. The minimum Gasteiger partial charge on any atom is -0.322 e. The maximum Gasteiger partial charge on any atom is 0.255 e. The molecule has 156 valence electrons. The van der Waals surface area contributed by atoms with E-state index >= 15 is 0 Å². The molecule has 1 aliphatic heterocycles. The van der Waals surface area contributed by atoms with Crippen LogP contribution >= 0.6 is 0 Å². The van der Waals surface area contributed by atoms with E-state index in [1.54, 1.807) is 6.92 Å². The molecular formula is C19H19FN6O3S. The van der Waals surface area contributed by atoms with E-state index in [1.165, 1.54) is 51.5 Å². The molecule has 0 radical (unpaired) electrons. The van der Waals surface area contributed by atoms with Crippen LogP contribution in [0, 0.1) is 12.7 Å². The van der Waals surface area contributed by atoms with Crippen molar-refractivity contribution in [2.24, 2.45) is 0 Å². The normalized spacial score (nSPS) is 14.7. The molecule has 9 nitrogen and oxygen atoms in total. The second kappa shape index (κ2) is 7.92. The largest absolute Gasteiger partial charge is 0.322 e. The first-order valence-electron chi connectivity index (χ1n) is 9.33. The summed E-state index contributed by atoms with van der Waals surface area (Å²) in [5.74, 6) is -0.599. The van der Waals surface area contributed by atoms with Gasteiger partial charge in [0.05, 0.1) is 4.90 Å². The van der Waals surface area contributed by atoms with Crippen LogP contribution in [0.3, 0.4) is 0 Å². The van der Waals surface area contributed by atoms with Crippen molar-refractivity contribution in [3.05, 3.63) is 59.7 Å². The molecule has 1 amide bonds. The number of rotatable bonds is 5. The molecule has 1 aromatic heterocycles.